The third-order valence-corrected chi connectivity index (χ3v) is 25.7. The Morgan fingerprint density at radius 3 is 2.13 bits per heavy atom. The molecule has 0 saturated heterocycles. The van der Waals surface area contributed by atoms with Crippen LogP contribution in [0.5, 0.6) is 5.75 Å². The fraction of sp³-hybridized carbons (Fsp3) is 0.333. The van der Waals surface area contributed by atoms with Crippen LogP contribution in [0.3, 0.4) is 0 Å². The molecule has 0 saturated carbocycles. The first kappa shape index (κ1) is 21.8. The molecule has 2 unspecified atom stereocenters. The van der Waals surface area contributed by atoms with Crippen molar-refractivity contribution < 1.29 is 25.1 Å². The molecule has 154 valence electrons. The number of allylic oxidation sites excluding steroid dienone is 5. The van der Waals surface area contributed by atoms with Crippen LogP contribution in [0.1, 0.15) is 48.0 Å². The Morgan fingerprint density at radius 1 is 0.900 bits per heavy atom. The molecule has 0 N–H and O–H groups in total. The van der Waals surface area contributed by atoms with Crippen molar-refractivity contribution in [3.8, 4) is 5.75 Å². The van der Waals surface area contributed by atoms with E-state index in [1.807, 2.05) is 3.28 Å². The van der Waals surface area contributed by atoms with Crippen molar-refractivity contribution in [2.45, 2.75) is 44.4 Å². The molecular weight excluding hydrogens is 460 g/mol. The van der Waals surface area contributed by atoms with E-state index in [2.05, 4.69) is 95.4 Å². The Kier molecular flexibility index (Phi) is 6.24. The molecule has 2 aromatic rings. The van der Waals surface area contributed by atoms with Crippen molar-refractivity contribution >= 4 is 11.0 Å². The van der Waals surface area contributed by atoms with E-state index < -0.39 is 20.4 Å². The summed E-state index contributed by atoms with van der Waals surface area (Å²) in [6, 6.07) is 17.8. The molecule has 0 amide bonds. The van der Waals surface area contributed by atoms with Crippen molar-refractivity contribution in [2.24, 2.45) is 5.92 Å². The standard InChI is InChI=1S/C16H13O.C9H13.C2H6Si.Zr/c1-17-14-9-6-13(7-10-14)16-11-8-12-4-2-3-5-15(12)16;1-6-5-7(2)9(4)8(6)3;1-3-2;/h2-11H,1H3;6H,1-4H3;1-2H3;. The van der Waals surface area contributed by atoms with Gasteiger partial charge >= 0.3 is 191 Å². The van der Waals surface area contributed by atoms with Crippen LogP contribution in [0.15, 0.2) is 74.6 Å². The topological polar surface area (TPSA) is 9.23 Å². The Balaban J connectivity index is 1.87. The van der Waals surface area contributed by atoms with Gasteiger partial charge in [0.2, 0.25) is 0 Å². The molecule has 2 atom stereocenters. The second-order valence-electron chi connectivity index (χ2n) is 8.86. The molecule has 30 heavy (non-hydrogen) atoms. The maximum absolute atomic E-state index is 5.39. The molecule has 0 radical (unpaired) electrons. The van der Waals surface area contributed by atoms with Crippen molar-refractivity contribution in [2.75, 3.05) is 7.11 Å². The molecule has 0 bridgehead atoms. The van der Waals surface area contributed by atoms with Crippen LogP contribution in [0, 0.1) is 5.92 Å². The SMILES string of the molecule is COc1ccc(C2=C[CH]([Zr]([C]3=C(C)C(C)=C(C)C3C)=[Si](C)C)c3ccccc32)cc1. The van der Waals surface area contributed by atoms with Crippen LogP contribution in [0.25, 0.3) is 5.57 Å². The second-order valence-corrected chi connectivity index (χ2v) is 26.3. The van der Waals surface area contributed by atoms with Crippen LogP contribution in [0.2, 0.25) is 13.1 Å². The second kappa shape index (κ2) is 8.60. The number of methoxy groups -OCH3 is 1. The first-order valence-corrected chi connectivity index (χ1v) is 19.7. The zero-order valence-corrected chi connectivity index (χ0v) is 22.7. The molecule has 0 aliphatic heterocycles. The van der Waals surface area contributed by atoms with Gasteiger partial charge in [-0.1, -0.05) is 0 Å². The fourth-order valence-electron chi connectivity index (χ4n) is 5.17. The van der Waals surface area contributed by atoms with Gasteiger partial charge in [-0.15, -0.1) is 0 Å². The van der Waals surface area contributed by atoms with Crippen LogP contribution in [-0.4, -0.2) is 12.5 Å². The van der Waals surface area contributed by atoms with Crippen LogP contribution in [0.4, 0.5) is 0 Å². The number of rotatable bonds is 4. The van der Waals surface area contributed by atoms with E-state index in [-0.39, 0.29) is 5.43 Å². The molecule has 0 aromatic heterocycles. The van der Waals surface area contributed by atoms with E-state index in [9.17, 15) is 0 Å². The third-order valence-electron chi connectivity index (χ3n) is 7.10. The maximum atomic E-state index is 5.39. The molecule has 0 spiro atoms. The van der Waals surface area contributed by atoms with E-state index in [1.165, 1.54) is 16.7 Å². The average Bonchev–Trinajstić information content (AvgIpc) is 3.22. The molecule has 1 nitrogen and oxygen atoms in total. The van der Waals surface area contributed by atoms with Gasteiger partial charge in [-0.25, -0.2) is 0 Å². The number of benzene rings is 2. The van der Waals surface area contributed by atoms with Crippen molar-refractivity contribution in [3.05, 3.63) is 91.3 Å². The van der Waals surface area contributed by atoms with Gasteiger partial charge in [0.05, 0.1) is 0 Å². The average molecular weight is 492 g/mol. The summed E-state index contributed by atoms with van der Waals surface area (Å²) in [5.41, 5.74) is 10.2. The van der Waals surface area contributed by atoms with Gasteiger partial charge in [0.15, 0.2) is 0 Å². The van der Waals surface area contributed by atoms with Gasteiger partial charge in [-0.05, 0) is 0 Å². The van der Waals surface area contributed by atoms with Gasteiger partial charge in [0.25, 0.3) is 0 Å². The van der Waals surface area contributed by atoms with Gasteiger partial charge < -0.3 is 0 Å². The van der Waals surface area contributed by atoms with Gasteiger partial charge in [0.1, 0.15) is 0 Å². The first-order valence-electron chi connectivity index (χ1n) is 10.9. The molecule has 0 fully saturated rings. The Hall–Kier alpha value is -1.44. The van der Waals surface area contributed by atoms with Crippen molar-refractivity contribution in [1.82, 2.24) is 0 Å². The summed E-state index contributed by atoms with van der Waals surface area (Å²) < 4.78 is 7.92. The number of fused-ring (bicyclic) bond motifs is 1. The number of hydrogen-bond donors (Lipinski definition) is 0. The summed E-state index contributed by atoms with van der Waals surface area (Å²) in [6.45, 7) is 14.7. The summed E-state index contributed by atoms with van der Waals surface area (Å²) in [4.78, 5) is 0. The zero-order valence-electron chi connectivity index (χ0n) is 19.3. The fourth-order valence-corrected chi connectivity index (χ4v) is 24.8. The predicted octanol–water partition coefficient (Wildman–Crippen LogP) is 7.31. The minimum atomic E-state index is -1.92. The summed E-state index contributed by atoms with van der Waals surface area (Å²) in [5.74, 6) is 1.56. The van der Waals surface area contributed by atoms with Crippen molar-refractivity contribution in [1.29, 1.82) is 0 Å². The molecule has 2 aliphatic carbocycles. The monoisotopic (exact) mass is 490 g/mol. The zero-order chi connectivity index (χ0) is 21.6. The van der Waals surface area contributed by atoms with Crippen LogP contribution >= 0.6 is 0 Å². The van der Waals surface area contributed by atoms with Crippen LogP contribution in [-0.2, 0) is 20.4 Å². The van der Waals surface area contributed by atoms with Gasteiger partial charge in [-0.2, -0.15) is 0 Å². The number of ether oxygens (including phenoxy) is 1. The van der Waals surface area contributed by atoms with Crippen molar-refractivity contribution in [3.63, 3.8) is 0 Å². The summed E-state index contributed by atoms with van der Waals surface area (Å²) >= 11 is -1.92. The van der Waals surface area contributed by atoms with E-state index >= 15 is 0 Å². The van der Waals surface area contributed by atoms with E-state index in [1.54, 1.807) is 29.4 Å². The number of hydrogen-bond acceptors (Lipinski definition) is 1. The van der Waals surface area contributed by atoms with E-state index in [0.717, 1.165) is 5.75 Å². The first-order chi connectivity index (χ1) is 14.3. The quantitative estimate of drug-likeness (QED) is 0.407. The third kappa shape index (κ3) is 3.59. The summed E-state index contributed by atoms with van der Waals surface area (Å²) in [5, 5.41) is 0. The molecule has 3 heteroatoms. The Labute approximate surface area is 189 Å². The summed E-state index contributed by atoms with van der Waals surface area (Å²) in [6.07, 6.45) is 2.65. The van der Waals surface area contributed by atoms with Crippen LogP contribution < -0.4 is 4.74 Å². The molecule has 2 aromatic carbocycles. The Morgan fingerprint density at radius 2 is 1.57 bits per heavy atom. The Bertz CT molecular complexity index is 1130. The summed E-state index contributed by atoms with van der Waals surface area (Å²) in [7, 11) is 1.73. The normalized spacial score (nSPS) is 20.4. The van der Waals surface area contributed by atoms with Gasteiger partial charge in [-0.3, -0.25) is 0 Å². The molecule has 0 heterocycles. The van der Waals surface area contributed by atoms with E-state index in [4.69, 9.17) is 4.74 Å². The molecule has 2 aliphatic rings. The predicted molar refractivity (Wildman–Crippen MR) is 127 cm³/mol. The molecule has 4 rings (SSSR count). The minimum absolute atomic E-state index is 0.359. The van der Waals surface area contributed by atoms with E-state index in [0.29, 0.717) is 9.54 Å². The molecular formula is C27H32OSiZr. The van der Waals surface area contributed by atoms with Gasteiger partial charge in [0, 0.05) is 0 Å².